The molecule has 2 aromatic rings. The molecule has 0 bridgehead atoms. The maximum Gasteiger partial charge on any atom is 0.433 e. The summed E-state index contributed by atoms with van der Waals surface area (Å²) in [7, 11) is 0. The second-order valence-corrected chi connectivity index (χ2v) is 8.61. The lowest BCUT2D eigenvalue weighted by Crippen LogP contribution is -2.41. The Kier molecular flexibility index (Phi) is 4.03. The van der Waals surface area contributed by atoms with Gasteiger partial charge in [0.25, 0.3) is 5.91 Å². The van der Waals surface area contributed by atoms with E-state index >= 15 is 0 Å². The van der Waals surface area contributed by atoms with Crippen LogP contribution in [0.25, 0.3) is 0 Å². The molecule has 1 atom stereocenters. The maximum absolute atomic E-state index is 12.9. The number of pyridine rings is 1. The molecule has 0 saturated heterocycles. The Balaban J connectivity index is 2.01. The molecule has 0 aliphatic carbocycles. The highest BCUT2D eigenvalue weighted by molar-refractivity contribution is 9.11. The van der Waals surface area contributed by atoms with E-state index in [0.29, 0.717) is 11.1 Å². The van der Waals surface area contributed by atoms with Gasteiger partial charge >= 0.3 is 6.18 Å². The van der Waals surface area contributed by atoms with Crippen LogP contribution in [0.3, 0.4) is 0 Å². The summed E-state index contributed by atoms with van der Waals surface area (Å²) in [6.45, 7) is 5.55. The Morgan fingerprint density at radius 2 is 2.00 bits per heavy atom. The number of alkyl halides is 3. The standard InChI is InChI=1S/C16H14BrF3N2OS/c1-8(9-4-5-21-11(6-9)16(18,19)20)22-14(23)10-7-12(17)24-13(10)15(22,2)3/h4-8H,1-3H3. The molecule has 3 heterocycles. The summed E-state index contributed by atoms with van der Waals surface area (Å²) in [5, 5.41) is 0. The molecule has 0 aromatic carbocycles. The molecule has 0 spiro atoms. The van der Waals surface area contributed by atoms with Gasteiger partial charge in [-0.15, -0.1) is 11.3 Å². The van der Waals surface area contributed by atoms with Gasteiger partial charge in [-0.05, 0) is 60.5 Å². The number of fused-ring (bicyclic) bond motifs is 1. The van der Waals surface area contributed by atoms with Crippen LogP contribution in [0.1, 0.15) is 53.3 Å². The second-order valence-electron chi connectivity index (χ2n) is 6.18. The molecule has 0 fully saturated rings. The molecule has 3 nitrogen and oxygen atoms in total. The lowest BCUT2D eigenvalue weighted by molar-refractivity contribution is -0.141. The number of amides is 1. The number of halogens is 4. The van der Waals surface area contributed by atoms with Crippen molar-refractivity contribution in [3.05, 3.63) is 49.9 Å². The third-order valence-corrected chi connectivity index (χ3v) is 6.20. The quantitative estimate of drug-likeness (QED) is 0.655. The first-order valence-electron chi connectivity index (χ1n) is 7.20. The van der Waals surface area contributed by atoms with Crippen LogP contribution in [0, 0.1) is 0 Å². The average Bonchev–Trinajstić information content (AvgIpc) is 2.95. The van der Waals surface area contributed by atoms with Crippen LogP contribution in [0.15, 0.2) is 28.2 Å². The van der Waals surface area contributed by atoms with Gasteiger partial charge in [0.1, 0.15) is 5.69 Å². The topological polar surface area (TPSA) is 33.2 Å². The predicted molar refractivity (Wildman–Crippen MR) is 88.9 cm³/mol. The van der Waals surface area contributed by atoms with E-state index < -0.39 is 23.5 Å². The van der Waals surface area contributed by atoms with Gasteiger partial charge in [-0.3, -0.25) is 9.78 Å². The molecule has 1 aliphatic rings. The van der Waals surface area contributed by atoms with Crippen LogP contribution in [-0.2, 0) is 11.7 Å². The summed E-state index contributed by atoms with van der Waals surface area (Å²) in [5.74, 6) is -0.171. The monoisotopic (exact) mass is 418 g/mol. The van der Waals surface area contributed by atoms with Crippen molar-refractivity contribution in [1.29, 1.82) is 0 Å². The lowest BCUT2D eigenvalue weighted by Gasteiger charge is -2.37. The fraction of sp³-hybridized carbons (Fsp3) is 0.375. The Morgan fingerprint density at radius 1 is 1.33 bits per heavy atom. The van der Waals surface area contributed by atoms with Crippen molar-refractivity contribution >= 4 is 33.2 Å². The number of carbonyl (C=O) groups is 1. The average molecular weight is 419 g/mol. The largest absolute Gasteiger partial charge is 0.433 e. The van der Waals surface area contributed by atoms with Gasteiger partial charge in [0.15, 0.2) is 0 Å². The molecule has 0 radical (unpaired) electrons. The highest BCUT2D eigenvalue weighted by atomic mass is 79.9. The summed E-state index contributed by atoms with van der Waals surface area (Å²) >= 11 is 4.86. The molecule has 1 unspecified atom stereocenters. The number of carbonyl (C=O) groups excluding carboxylic acids is 1. The van der Waals surface area contributed by atoms with E-state index in [4.69, 9.17) is 0 Å². The van der Waals surface area contributed by atoms with Gasteiger partial charge in [0, 0.05) is 11.1 Å². The first kappa shape index (κ1) is 17.4. The van der Waals surface area contributed by atoms with Crippen LogP contribution < -0.4 is 0 Å². The van der Waals surface area contributed by atoms with Crippen LogP contribution in [0.4, 0.5) is 13.2 Å². The fourth-order valence-electron chi connectivity index (χ4n) is 3.14. The van der Waals surface area contributed by atoms with E-state index in [2.05, 4.69) is 20.9 Å². The van der Waals surface area contributed by atoms with Crippen LogP contribution in [0.2, 0.25) is 0 Å². The molecule has 3 rings (SSSR count). The SMILES string of the molecule is CC(c1ccnc(C(F)(F)F)c1)N1C(=O)c2cc(Br)sc2C1(C)C. The number of hydrogen-bond acceptors (Lipinski definition) is 3. The van der Waals surface area contributed by atoms with Gasteiger partial charge in [-0.1, -0.05) is 0 Å². The normalized spacial score (nSPS) is 18.0. The fourth-order valence-corrected chi connectivity index (χ4v) is 4.83. The highest BCUT2D eigenvalue weighted by Gasteiger charge is 2.47. The Hall–Kier alpha value is -1.41. The molecular weight excluding hydrogens is 405 g/mol. The number of aromatic nitrogens is 1. The molecule has 1 amide bonds. The summed E-state index contributed by atoms with van der Waals surface area (Å²) < 4.78 is 39.6. The summed E-state index contributed by atoms with van der Waals surface area (Å²) in [6.07, 6.45) is -3.38. The zero-order valence-corrected chi connectivity index (χ0v) is 15.5. The van der Waals surface area contributed by atoms with Gasteiger partial charge < -0.3 is 4.90 Å². The molecular formula is C16H14BrF3N2OS. The van der Waals surface area contributed by atoms with Crippen molar-refractivity contribution in [2.75, 3.05) is 0 Å². The zero-order valence-electron chi connectivity index (χ0n) is 13.1. The van der Waals surface area contributed by atoms with E-state index in [0.717, 1.165) is 20.9 Å². The van der Waals surface area contributed by atoms with Crippen LogP contribution in [-0.4, -0.2) is 15.8 Å². The van der Waals surface area contributed by atoms with Crippen molar-refractivity contribution in [3.8, 4) is 0 Å². The molecule has 1 aliphatic heterocycles. The van der Waals surface area contributed by atoms with E-state index in [1.807, 2.05) is 13.8 Å². The first-order valence-corrected chi connectivity index (χ1v) is 8.81. The van der Waals surface area contributed by atoms with Crippen molar-refractivity contribution in [3.63, 3.8) is 0 Å². The minimum absolute atomic E-state index is 0.171. The number of nitrogens with zero attached hydrogens (tertiary/aromatic N) is 2. The van der Waals surface area contributed by atoms with Gasteiger partial charge in [-0.25, -0.2) is 0 Å². The lowest BCUT2D eigenvalue weighted by atomic mass is 9.99. The minimum atomic E-state index is -4.51. The first-order chi connectivity index (χ1) is 11.0. The Morgan fingerprint density at radius 3 is 2.58 bits per heavy atom. The van der Waals surface area contributed by atoms with Crippen molar-refractivity contribution in [1.82, 2.24) is 9.88 Å². The molecule has 0 N–H and O–H groups in total. The minimum Gasteiger partial charge on any atom is -0.322 e. The van der Waals surface area contributed by atoms with Crippen molar-refractivity contribution in [2.24, 2.45) is 0 Å². The van der Waals surface area contributed by atoms with Crippen LogP contribution >= 0.6 is 27.3 Å². The molecule has 128 valence electrons. The Labute approximate surface area is 149 Å². The molecule has 0 saturated carbocycles. The smallest absolute Gasteiger partial charge is 0.322 e. The van der Waals surface area contributed by atoms with Crippen LogP contribution in [0.5, 0.6) is 0 Å². The van der Waals surface area contributed by atoms with E-state index in [-0.39, 0.29) is 5.91 Å². The van der Waals surface area contributed by atoms with E-state index in [9.17, 15) is 18.0 Å². The van der Waals surface area contributed by atoms with E-state index in [1.165, 1.54) is 17.4 Å². The maximum atomic E-state index is 12.9. The second kappa shape index (κ2) is 5.56. The van der Waals surface area contributed by atoms with Gasteiger partial charge in [-0.2, -0.15) is 13.2 Å². The molecule has 24 heavy (non-hydrogen) atoms. The van der Waals surface area contributed by atoms with E-state index in [1.54, 1.807) is 17.9 Å². The summed E-state index contributed by atoms with van der Waals surface area (Å²) in [6, 6.07) is 3.79. The van der Waals surface area contributed by atoms with Crippen molar-refractivity contribution in [2.45, 2.75) is 38.5 Å². The molecule has 8 heteroatoms. The number of rotatable bonds is 2. The predicted octanol–water partition coefficient (Wildman–Crippen LogP) is 5.38. The Bertz CT molecular complexity index is 816. The zero-order chi connectivity index (χ0) is 17.9. The van der Waals surface area contributed by atoms with Gasteiger partial charge in [0.05, 0.1) is 20.9 Å². The number of thiophene rings is 1. The van der Waals surface area contributed by atoms with Gasteiger partial charge in [0.2, 0.25) is 0 Å². The van der Waals surface area contributed by atoms with Crippen molar-refractivity contribution < 1.29 is 18.0 Å². The summed E-state index contributed by atoms with van der Waals surface area (Å²) in [4.78, 5) is 18.7. The highest BCUT2D eigenvalue weighted by Crippen LogP contribution is 2.48. The third kappa shape index (κ3) is 2.65. The summed E-state index contributed by atoms with van der Waals surface area (Å²) in [5.41, 5.74) is -0.528. The third-order valence-electron chi connectivity index (χ3n) is 4.25. The molecule has 2 aromatic heterocycles. The number of hydrogen-bond donors (Lipinski definition) is 0.